The summed E-state index contributed by atoms with van der Waals surface area (Å²) in [6.45, 7) is 9.23. The van der Waals surface area contributed by atoms with Crippen LogP contribution in [-0.4, -0.2) is 85.6 Å². The minimum atomic E-state index is -1.30. The van der Waals surface area contributed by atoms with Gasteiger partial charge in [0.25, 0.3) is 0 Å². The van der Waals surface area contributed by atoms with Gasteiger partial charge in [-0.05, 0) is 52.2 Å². The number of piperidine rings is 1. The van der Waals surface area contributed by atoms with Crippen molar-refractivity contribution in [1.82, 2.24) is 29.7 Å². The number of nitrogens with zero attached hydrogens (tertiary/aromatic N) is 6. The van der Waals surface area contributed by atoms with Crippen molar-refractivity contribution in [3.63, 3.8) is 0 Å². The Morgan fingerprint density at radius 1 is 1.05 bits per heavy atom. The maximum absolute atomic E-state index is 14.4. The third-order valence-electron chi connectivity index (χ3n) is 8.47. The highest BCUT2D eigenvalue weighted by Gasteiger charge is 2.45. The van der Waals surface area contributed by atoms with Crippen molar-refractivity contribution < 1.29 is 27.5 Å². The summed E-state index contributed by atoms with van der Waals surface area (Å²) in [6, 6.07) is 10.4. The van der Waals surface area contributed by atoms with E-state index in [1.54, 1.807) is 32.7 Å². The van der Waals surface area contributed by atoms with E-state index in [2.05, 4.69) is 34.3 Å². The Kier molecular flexibility index (Phi) is 9.01. The Bertz CT molecular complexity index is 1490. The Balaban J connectivity index is 1.32. The van der Waals surface area contributed by atoms with Crippen LogP contribution in [0.1, 0.15) is 58.6 Å². The number of likely N-dealkylation sites (tertiary alicyclic amines) is 2. The number of rotatable bonds is 6. The molecule has 5 rings (SSSR count). The van der Waals surface area contributed by atoms with E-state index in [0.29, 0.717) is 6.07 Å². The molecule has 3 heterocycles. The van der Waals surface area contributed by atoms with Crippen LogP contribution in [0.5, 0.6) is 0 Å². The number of hydrogen-bond donors (Lipinski definition) is 0. The van der Waals surface area contributed by atoms with Crippen LogP contribution in [-0.2, 0) is 16.1 Å². The molecule has 9 nitrogen and oxygen atoms in total. The third-order valence-corrected chi connectivity index (χ3v) is 8.47. The molecule has 0 N–H and O–H groups in total. The SMILES string of the molecule is CC1CC(N(C)C(=O)[C@H]2CC(n3cc(-c4cc(F)c(F)cc4F)nn3)CN2C(=O)OC(C)(C)C)CCN1Cc1ccccc1. The van der Waals surface area contributed by atoms with Crippen LogP contribution in [0.25, 0.3) is 11.3 Å². The second-order valence-electron chi connectivity index (χ2n) is 12.8. The second-order valence-corrected chi connectivity index (χ2v) is 12.8. The molecule has 44 heavy (non-hydrogen) atoms. The Morgan fingerprint density at radius 3 is 2.43 bits per heavy atom. The summed E-state index contributed by atoms with van der Waals surface area (Å²) in [4.78, 5) is 32.9. The number of carbonyl (C=O) groups excluding carboxylic acids is 2. The minimum absolute atomic E-state index is 0.00150. The predicted molar refractivity (Wildman–Crippen MR) is 158 cm³/mol. The smallest absolute Gasteiger partial charge is 0.411 e. The second kappa shape index (κ2) is 12.6. The van der Waals surface area contributed by atoms with Crippen LogP contribution in [0, 0.1) is 17.5 Å². The van der Waals surface area contributed by atoms with Gasteiger partial charge < -0.3 is 9.64 Å². The van der Waals surface area contributed by atoms with Crippen LogP contribution in [0.15, 0.2) is 48.7 Å². The average molecular weight is 613 g/mol. The highest BCUT2D eigenvalue weighted by molar-refractivity contribution is 5.86. The maximum Gasteiger partial charge on any atom is 0.411 e. The van der Waals surface area contributed by atoms with Crippen molar-refractivity contribution >= 4 is 12.0 Å². The lowest BCUT2D eigenvalue weighted by Gasteiger charge is -2.42. The standard InChI is InChI=1S/C32H39F3N6O3/c1-20-13-22(11-12-39(20)17-21-9-7-6-8-10-21)38(5)30(42)29-14-23(18-40(29)31(43)44-32(2,3)4)41-19-28(36-37-41)24-15-26(34)27(35)16-25(24)33/h6-10,15-16,19-20,22-23,29H,11-14,17-18H2,1-5H3/t20?,22?,23?,29-/m1/s1. The van der Waals surface area contributed by atoms with Crippen molar-refractivity contribution in [3.05, 3.63) is 71.7 Å². The Morgan fingerprint density at radius 2 is 1.75 bits per heavy atom. The first-order valence-corrected chi connectivity index (χ1v) is 14.9. The van der Waals surface area contributed by atoms with Crippen molar-refractivity contribution in [2.75, 3.05) is 20.1 Å². The topological polar surface area (TPSA) is 83.8 Å². The van der Waals surface area contributed by atoms with Crippen LogP contribution in [0.2, 0.25) is 0 Å². The fraction of sp³-hybridized carbons (Fsp3) is 0.500. The van der Waals surface area contributed by atoms with Gasteiger partial charge >= 0.3 is 6.09 Å². The normalized spacial score (nSPS) is 22.7. The zero-order chi connectivity index (χ0) is 31.8. The van der Waals surface area contributed by atoms with Gasteiger partial charge in [0.15, 0.2) is 11.6 Å². The van der Waals surface area contributed by atoms with E-state index in [0.717, 1.165) is 32.0 Å². The van der Waals surface area contributed by atoms with E-state index in [4.69, 9.17) is 4.74 Å². The molecule has 0 bridgehead atoms. The van der Waals surface area contributed by atoms with Gasteiger partial charge in [-0.25, -0.2) is 22.6 Å². The van der Waals surface area contributed by atoms with Gasteiger partial charge in [-0.2, -0.15) is 0 Å². The van der Waals surface area contributed by atoms with Crippen LogP contribution in [0.3, 0.4) is 0 Å². The molecule has 4 atom stereocenters. The molecule has 0 spiro atoms. The molecule has 2 saturated heterocycles. The van der Waals surface area contributed by atoms with Crippen LogP contribution < -0.4 is 0 Å². The summed E-state index contributed by atoms with van der Waals surface area (Å²) in [5.74, 6) is -3.68. The molecule has 3 unspecified atom stereocenters. The monoisotopic (exact) mass is 612 g/mol. The molecule has 0 aliphatic carbocycles. The first-order valence-electron chi connectivity index (χ1n) is 14.9. The van der Waals surface area contributed by atoms with Gasteiger partial charge in [0.2, 0.25) is 5.91 Å². The van der Waals surface area contributed by atoms with Gasteiger partial charge in [-0.1, -0.05) is 35.5 Å². The number of carbonyl (C=O) groups is 2. The molecule has 236 valence electrons. The molecular weight excluding hydrogens is 573 g/mol. The molecule has 1 aromatic heterocycles. The Hall–Kier alpha value is -3.93. The summed E-state index contributed by atoms with van der Waals surface area (Å²) in [5.41, 5.74) is 0.238. The maximum atomic E-state index is 14.4. The van der Waals surface area contributed by atoms with E-state index >= 15 is 0 Å². The van der Waals surface area contributed by atoms with Crippen LogP contribution >= 0.6 is 0 Å². The molecule has 12 heteroatoms. The molecule has 3 aromatic rings. The van der Waals surface area contributed by atoms with E-state index in [1.807, 2.05) is 18.2 Å². The highest BCUT2D eigenvalue weighted by Crippen LogP contribution is 2.33. The van der Waals surface area contributed by atoms with Gasteiger partial charge in [-0.15, -0.1) is 5.10 Å². The first-order chi connectivity index (χ1) is 20.8. The largest absolute Gasteiger partial charge is 0.444 e. The fourth-order valence-corrected chi connectivity index (χ4v) is 6.07. The summed E-state index contributed by atoms with van der Waals surface area (Å²) < 4.78 is 48.8. The number of aromatic nitrogens is 3. The molecule has 2 amide bonds. The van der Waals surface area contributed by atoms with Crippen molar-refractivity contribution in [2.24, 2.45) is 0 Å². The zero-order valence-corrected chi connectivity index (χ0v) is 25.7. The van der Waals surface area contributed by atoms with E-state index in [1.165, 1.54) is 21.3 Å². The lowest BCUT2D eigenvalue weighted by Crippen LogP contribution is -2.54. The lowest BCUT2D eigenvalue weighted by molar-refractivity contribution is -0.138. The Labute approximate surface area is 255 Å². The first kappa shape index (κ1) is 31.5. The van der Waals surface area contributed by atoms with Gasteiger partial charge in [0.05, 0.1) is 12.2 Å². The van der Waals surface area contributed by atoms with Gasteiger partial charge in [0, 0.05) is 56.8 Å². The molecule has 2 fully saturated rings. The average Bonchev–Trinajstić information content (AvgIpc) is 3.63. The minimum Gasteiger partial charge on any atom is -0.444 e. The van der Waals surface area contributed by atoms with E-state index in [9.17, 15) is 22.8 Å². The van der Waals surface area contributed by atoms with Crippen molar-refractivity contribution in [2.45, 2.75) is 83.3 Å². The number of likely N-dealkylation sites (N-methyl/N-ethyl adjacent to an activating group) is 1. The number of halogens is 3. The number of amides is 2. The number of hydrogen-bond acceptors (Lipinski definition) is 6. The summed E-state index contributed by atoms with van der Waals surface area (Å²) in [6.07, 6.45) is 2.62. The molecule has 2 aromatic carbocycles. The van der Waals surface area contributed by atoms with E-state index in [-0.39, 0.29) is 42.2 Å². The molecule has 2 aliphatic rings. The summed E-state index contributed by atoms with van der Waals surface area (Å²) in [5, 5.41) is 8.06. The number of benzene rings is 2. The zero-order valence-electron chi connectivity index (χ0n) is 25.7. The van der Waals surface area contributed by atoms with Crippen molar-refractivity contribution in [1.29, 1.82) is 0 Å². The lowest BCUT2D eigenvalue weighted by atomic mass is 9.95. The fourth-order valence-electron chi connectivity index (χ4n) is 6.07. The summed E-state index contributed by atoms with van der Waals surface area (Å²) in [7, 11) is 1.78. The van der Waals surface area contributed by atoms with E-state index < -0.39 is 41.2 Å². The highest BCUT2D eigenvalue weighted by atomic mass is 19.2. The summed E-state index contributed by atoms with van der Waals surface area (Å²) >= 11 is 0. The molecule has 2 aliphatic heterocycles. The number of ether oxygens (including phenoxy) is 1. The van der Waals surface area contributed by atoms with Crippen molar-refractivity contribution in [3.8, 4) is 11.3 Å². The van der Waals surface area contributed by atoms with Gasteiger partial charge in [-0.3, -0.25) is 14.6 Å². The molecule has 0 saturated carbocycles. The van der Waals surface area contributed by atoms with Crippen LogP contribution in [0.4, 0.5) is 18.0 Å². The van der Waals surface area contributed by atoms with Gasteiger partial charge in [0.1, 0.15) is 23.2 Å². The third kappa shape index (κ3) is 6.90. The molecule has 0 radical (unpaired) electrons. The molecular formula is C32H39F3N6O3. The quantitative estimate of drug-likeness (QED) is 0.346. The predicted octanol–water partition coefficient (Wildman–Crippen LogP) is 5.42.